The van der Waals surface area contributed by atoms with Crippen LogP contribution in [0.15, 0.2) is 27.6 Å². The summed E-state index contributed by atoms with van der Waals surface area (Å²) in [5.41, 5.74) is -1.02. The minimum Gasteiger partial charge on any atom is -0.478 e. The number of nitrogens with zero attached hydrogens (tertiary/aromatic N) is 1. The number of halogens is 1. The molecule has 0 aliphatic carbocycles. The van der Waals surface area contributed by atoms with Crippen molar-refractivity contribution in [2.75, 3.05) is 13.1 Å². The smallest absolute Gasteiger partial charge is 0.335 e. The first-order chi connectivity index (χ1) is 9.13. The van der Waals surface area contributed by atoms with Crippen LogP contribution in [-0.4, -0.2) is 47.6 Å². The Morgan fingerprint density at radius 1 is 1.45 bits per heavy atom. The second-order valence-corrected chi connectivity index (χ2v) is 7.80. The van der Waals surface area contributed by atoms with Gasteiger partial charge in [0.1, 0.15) is 0 Å². The summed E-state index contributed by atoms with van der Waals surface area (Å²) in [6.07, 6.45) is 0.372. The standard InChI is InChI=1S/C12H14BrNO5S/c1-12(17)4-5-14(7-12)20(18,19)10-3-2-8(11(15)16)6-9(10)13/h2-3,6,17H,4-5,7H2,1H3,(H,15,16). The molecule has 0 bridgehead atoms. The fourth-order valence-corrected chi connectivity index (χ4v) is 4.69. The van der Waals surface area contributed by atoms with Crippen molar-refractivity contribution >= 4 is 31.9 Å². The molecule has 0 aromatic heterocycles. The van der Waals surface area contributed by atoms with Gasteiger partial charge in [-0.2, -0.15) is 4.31 Å². The third kappa shape index (κ3) is 2.88. The van der Waals surface area contributed by atoms with E-state index < -0.39 is 21.6 Å². The minimum atomic E-state index is -3.75. The molecule has 110 valence electrons. The second kappa shape index (κ2) is 5.10. The summed E-state index contributed by atoms with van der Waals surface area (Å²) in [5.74, 6) is -1.13. The van der Waals surface area contributed by atoms with Crippen molar-refractivity contribution in [1.29, 1.82) is 0 Å². The molecule has 1 aliphatic rings. The Morgan fingerprint density at radius 2 is 2.10 bits per heavy atom. The monoisotopic (exact) mass is 363 g/mol. The first-order valence-corrected chi connectivity index (χ1v) is 8.12. The maximum atomic E-state index is 12.5. The Balaban J connectivity index is 2.38. The lowest BCUT2D eigenvalue weighted by atomic mass is 10.1. The molecule has 6 nitrogen and oxygen atoms in total. The summed E-state index contributed by atoms with van der Waals surface area (Å²) in [5, 5.41) is 18.7. The molecule has 1 aromatic rings. The average Bonchev–Trinajstić information content (AvgIpc) is 2.69. The molecule has 0 amide bonds. The molecule has 1 fully saturated rings. The van der Waals surface area contributed by atoms with Crippen LogP contribution < -0.4 is 0 Å². The van der Waals surface area contributed by atoms with Gasteiger partial charge in [0.05, 0.1) is 16.1 Å². The van der Waals surface area contributed by atoms with Gasteiger partial charge in [-0.3, -0.25) is 0 Å². The maximum Gasteiger partial charge on any atom is 0.335 e. The lowest BCUT2D eigenvalue weighted by molar-refractivity contribution is 0.0696. The van der Waals surface area contributed by atoms with Crippen molar-refractivity contribution in [2.45, 2.75) is 23.8 Å². The Bertz CT molecular complexity index is 656. The van der Waals surface area contributed by atoms with Gasteiger partial charge in [0, 0.05) is 17.6 Å². The van der Waals surface area contributed by atoms with E-state index in [0.717, 1.165) is 0 Å². The Hall–Kier alpha value is -0.960. The molecule has 1 heterocycles. The Morgan fingerprint density at radius 3 is 2.55 bits per heavy atom. The van der Waals surface area contributed by atoms with E-state index in [-0.39, 0.29) is 28.0 Å². The number of hydrogen-bond acceptors (Lipinski definition) is 4. The third-order valence-corrected chi connectivity index (χ3v) is 6.04. The van der Waals surface area contributed by atoms with Crippen LogP contribution in [0.4, 0.5) is 0 Å². The van der Waals surface area contributed by atoms with Crippen LogP contribution in [0.5, 0.6) is 0 Å². The number of aromatic carboxylic acids is 1. The van der Waals surface area contributed by atoms with E-state index in [9.17, 15) is 18.3 Å². The lowest BCUT2D eigenvalue weighted by Crippen LogP contribution is -2.34. The number of aliphatic hydroxyl groups is 1. The lowest BCUT2D eigenvalue weighted by Gasteiger charge is -2.19. The average molecular weight is 364 g/mol. The van der Waals surface area contributed by atoms with Gasteiger partial charge in [-0.1, -0.05) is 0 Å². The van der Waals surface area contributed by atoms with Gasteiger partial charge >= 0.3 is 5.97 Å². The number of carbonyl (C=O) groups is 1. The molecule has 0 saturated carbocycles. The summed E-state index contributed by atoms with van der Waals surface area (Å²) in [6.45, 7) is 1.86. The first-order valence-electron chi connectivity index (χ1n) is 5.89. The first kappa shape index (κ1) is 15.4. The highest BCUT2D eigenvalue weighted by Crippen LogP contribution is 2.31. The van der Waals surface area contributed by atoms with E-state index in [2.05, 4.69) is 15.9 Å². The zero-order valence-electron chi connectivity index (χ0n) is 10.7. The molecule has 2 rings (SSSR count). The van der Waals surface area contributed by atoms with Crippen molar-refractivity contribution < 1.29 is 23.4 Å². The molecule has 0 spiro atoms. The Kier molecular flexibility index (Phi) is 3.94. The number of hydrogen-bond donors (Lipinski definition) is 2. The summed E-state index contributed by atoms with van der Waals surface area (Å²) in [4.78, 5) is 10.8. The van der Waals surface area contributed by atoms with E-state index in [1.807, 2.05) is 0 Å². The number of carboxylic acids is 1. The predicted molar refractivity (Wildman–Crippen MR) is 75.1 cm³/mol. The van der Waals surface area contributed by atoms with Gasteiger partial charge in [-0.15, -0.1) is 0 Å². The van der Waals surface area contributed by atoms with Crippen molar-refractivity contribution in [3.05, 3.63) is 28.2 Å². The van der Waals surface area contributed by atoms with Gasteiger partial charge in [0.15, 0.2) is 0 Å². The number of β-amino-alcohol motifs (C(OH)–C–C–N with tert-alkyl or cyclic N) is 1. The predicted octanol–water partition coefficient (Wildman–Crippen LogP) is 1.29. The van der Waals surface area contributed by atoms with E-state index in [1.165, 1.54) is 22.5 Å². The minimum absolute atomic E-state index is 0.000185. The summed E-state index contributed by atoms with van der Waals surface area (Å²) < 4.78 is 26.3. The van der Waals surface area contributed by atoms with Gasteiger partial charge in [0.25, 0.3) is 0 Å². The molecular weight excluding hydrogens is 350 g/mol. The highest BCUT2D eigenvalue weighted by Gasteiger charge is 2.39. The van der Waals surface area contributed by atoms with Gasteiger partial charge < -0.3 is 10.2 Å². The zero-order chi connectivity index (χ0) is 15.1. The SMILES string of the molecule is CC1(O)CCN(S(=O)(=O)c2ccc(C(=O)O)cc2Br)C1. The van der Waals surface area contributed by atoms with Crippen LogP contribution in [0.1, 0.15) is 23.7 Å². The van der Waals surface area contributed by atoms with Crippen molar-refractivity contribution in [1.82, 2.24) is 4.31 Å². The van der Waals surface area contributed by atoms with Crippen LogP contribution in [0.3, 0.4) is 0 Å². The molecule has 1 saturated heterocycles. The van der Waals surface area contributed by atoms with E-state index in [4.69, 9.17) is 5.11 Å². The van der Waals surface area contributed by atoms with Crippen molar-refractivity contribution in [3.63, 3.8) is 0 Å². The van der Waals surface area contributed by atoms with Gasteiger partial charge in [-0.05, 0) is 47.5 Å². The Labute approximate surface area is 125 Å². The zero-order valence-corrected chi connectivity index (χ0v) is 13.1. The molecule has 2 N–H and O–H groups in total. The van der Waals surface area contributed by atoms with E-state index >= 15 is 0 Å². The van der Waals surface area contributed by atoms with Gasteiger partial charge in [-0.25, -0.2) is 13.2 Å². The summed E-state index contributed by atoms with van der Waals surface area (Å²) in [6, 6.07) is 3.76. The highest BCUT2D eigenvalue weighted by atomic mass is 79.9. The van der Waals surface area contributed by atoms with Crippen LogP contribution in [0.25, 0.3) is 0 Å². The summed E-state index contributed by atoms with van der Waals surface area (Å²) in [7, 11) is -3.75. The second-order valence-electron chi connectivity index (χ2n) is 5.04. The fraction of sp³-hybridized carbons (Fsp3) is 0.417. The molecule has 8 heteroatoms. The number of rotatable bonds is 3. The van der Waals surface area contributed by atoms with Crippen LogP contribution >= 0.6 is 15.9 Å². The van der Waals surface area contributed by atoms with E-state index in [1.54, 1.807) is 6.92 Å². The quantitative estimate of drug-likeness (QED) is 0.843. The van der Waals surface area contributed by atoms with Crippen molar-refractivity contribution in [2.24, 2.45) is 0 Å². The third-order valence-electron chi connectivity index (χ3n) is 3.21. The molecular formula is C12H14BrNO5S. The fourth-order valence-electron chi connectivity index (χ4n) is 2.09. The maximum absolute atomic E-state index is 12.5. The van der Waals surface area contributed by atoms with Gasteiger partial charge in [0.2, 0.25) is 10.0 Å². The number of carboxylic acid groups (broad SMARTS) is 1. The van der Waals surface area contributed by atoms with E-state index in [0.29, 0.717) is 6.42 Å². The molecule has 1 aliphatic heterocycles. The highest BCUT2D eigenvalue weighted by molar-refractivity contribution is 9.10. The van der Waals surface area contributed by atoms with Crippen LogP contribution in [0, 0.1) is 0 Å². The molecule has 20 heavy (non-hydrogen) atoms. The molecule has 0 radical (unpaired) electrons. The largest absolute Gasteiger partial charge is 0.478 e. The van der Waals surface area contributed by atoms with Crippen molar-refractivity contribution in [3.8, 4) is 0 Å². The van der Waals surface area contributed by atoms with Crippen LogP contribution in [-0.2, 0) is 10.0 Å². The molecule has 1 atom stereocenters. The number of sulfonamides is 1. The summed E-state index contributed by atoms with van der Waals surface area (Å²) >= 11 is 3.10. The van der Waals surface area contributed by atoms with Crippen LogP contribution in [0.2, 0.25) is 0 Å². The molecule has 1 unspecified atom stereocenters. The normalized spacial score (nSPS) is 23.9. The molecule has 1 aromatic carbocycles. The number of benzene rings is 1. The topological polar surface area (TPSA) is 94.9 Å².